The summed E-state index contributed by atoms with van der Waals surface area (Å²) in [5.74, 6) is -3.18. The van der Waals surface area contributed by atoms with Crippen LogP contribution in [0.5, 0.6) is 0 Å². The number of unbranched alkanes of at least 4 members (excludes halogenated alkanes) is 6. The molecule has 0 aromatic heterocycles. The minimum absolute atomic E-state index is 0.166. The van der Waals surface area contributed by atoms with Crippen molar-refractivity contribution < 1.29 is 72.3 Å². The standard InChI is InChI=1S/C15H27NO4.C13H20NO3.C11H21NO4.C10H19NO2.6C4H9.C3H3O2.2Sn/c1-8-9-10-19-12(17)11(14(2,3)4)16-13(18)20-15(5,6)7;1-6-8-9-17-12(16)11(13(3,4)5)14-10(15)7-2;1-10(2,3)7(8(13)14)12-9(15)16-11(4,5)6;1-5-6-7-13-9(12)8(11)10(2,3)4;6*1-3-4-2;1-2-3(4)5;;/h8,11H,1,9-10H2,2-7H3,(H,16,18);2,6-7,11H,1,8-9H2,3-5H3,(H,14,15);7H,1-6H3,(H,12,15)(H,13,14);5,8H,1,6-7,11H2,2-4H3;6*1,3-4H2,2H3;1-2H,(H,4,5);;/t2*11-;7-;8-;;;;;;;;;/m1111........./s1. The van der Waals surface area contributed by atoms with Gasteiger partial charge in [0.15, 0.2) is 0 Å². The van der Waals surface area contributed by atoms with Crippen LogP contribution in [0, 0.1) is 21.7 Å². The quantitative estimate of drug-likeness (QED) is 0.00836. The van der Waals surface area contributed by atoms with Crippen molar-refractivity contribution in [2.24, 2.45) is 27.4 Å². The maximum absolute atomic E-state index is 12.8. The Balaban J connectivity index is -0.000000375. The van der Waals surface area contributed by atoms with E-state index in [4.69, 9.17) is 39.6 Å². The van der Waals surface area contributed by atoms with Crippen LogP contribution >= 0.6 is 0 Å². The number of hydrogen-bond acceptors (Lipinski definition) is 14. The van der Waals surface area contributed by atoms with Crippen molar-refractivity contribution >= 4 is 84.7 Å². The Labute approximate surface area is 598 Å². The van der Waals surface area contributed by atoms with Crippen molar-refractivity contribution in [1.82, 2.24) is 16.0 Å². The van der Waals surface area contributed by atoms with E-state index in [-0.39, 0.29) is 29.9 Å². The second-order valence-electron chi connectivity index (χ2n) is 31.5. The van der Waals surface area contributed by atoms with Crippen LogP contribution in [0.2, 0.25) is 26.6 Å². The number of hydrogen-bond donors (Lipinski definition) is 6. The molecule has 0 rings (SSSR count). The van der Waals surface area contributed by atoms with E-state index in [1.165, 1.54) is 110 Å². The molecule has 7 N–H and O–H groups in total. The zero-order valence-electron chi connectivity index (χ0n) is 65.7. The number of nitrogens with one attached hydrogen (secondary N) is 3. The first-order valence-electron chi connectivity index (χ1n) is 35.8. The SMILES string of the molecule is C=CCCOC(=O)[C@@H](N)C(C)(C)C.C=CCCOC(=O)[C@@H](NC(=O)/C=[CH]\[Sn]([CH2]CCC)([CH2]CCC)[CH2]CCC)C(C)(C)C.C=CCCOC(=O)[C@@H](NC(=O)OC(C)(C)C)C(C)(C)C.CC(C)(C)OC(=O)N[C@H](C(=O)O)C(C)(C)C.CCC[CH2][Sn](/[CH]=C\C(=O)O)([CH2]CCC)[CH2]CCC. The summed E-state index contributed by atoms with van der Waals surface area (Å²) in [6.07, 6.45) is 23.8. The number of alkyl carbamates (subject to hydrolysis) is 2. The van der Waals surface area contributed by atoms with Crippen LogP contribution in [0.3, 0.4) is 0 Å². The average molecular weight is 1590 g/mol. The van der Waals surface area contributed by atoms with E-state index in [9.17, 15) is 38.4 Å². The summed E-state index contributed by atoms with van der Waals surface area (Å²) in [7, 11) is 0. The second-order valence-corrected chi connectivity index (χ2v) is 57.5. The van der Waals surface area contributed by atoms with E-state index < -0.39 is 118 Å². The van der Waals surface area contributed by atoms with Gasteiger partial charge in [-0.2, -0.15) is 0 Å². The van der Waals surface area contributed by atoms with E-state index in [0.717, 1.165) is 0 Å². The summed E-state index contributed by atoms with van der Waals surface area (Å²) in [6.45, 7) is 57.9. The van der Waals surface area contributed by atoms with Gasteiger partial charge in [-0.25, -0.2) is 19.2 Å². The maximum atomic E-state index is 12.8. The Morgan fingerprint density at radius 1 is 0.412 bits per heavy atom. The van der Waals surface area contributed by atoms with Crippen molar-refractivity contribution in [3.8, 4) is 0 Å². The van der Waals surface area contributed by atoms with Gasteiger partial charge in [0, 0.05) is 0 Å². The average Bonchev–Trinajstić information content (AvgIpc) is 0.921. The predicted molar refractivity (Wildman–Crippen MR) is 405 cm³/mol. The van der Waals surface area contributed by atoms with Crippen LogP contribution in [0.4, 0.5) is 9.59 Å². The molecule has 0 saturated heterocycles. The first-order chi connectivity index (χ1) is 44.5. The molecule has 566 valence electrons. The van der Waals surface area contributed by atoms with Gasteiger partial charge >= 0.3 is 338 Å². The summed E-state index contributed by atoms with van der Waals surface area (Å²) in [5.41, 5.74) is 2.73. The fourth-order valence-corrected chi connectivity index (χ4v) is 37.3. The number of carbonyl (C=O) groups is 8. The van der Waals surface area contributed by atoms with Crippen LogP contribution in [-0.2, 0) is 52.5 Å². The van der Waals surface area contributed by atoms with Gasteiger partial charge in [-0.1, -0.05) is 74.5 Å². The molecule has 4 atom stereocenters. The number of carboxylic acid groups (broad SMARTS) is 2. The number of ether oxygens (including phenoxy) is 5. The molecule has 19 nitrogen and oxygen atoms in total. The molecule has 0 aliphatic carbocycles. The van der Waals surface area contributed by atoms with Crippen LogP contribution in [0.25, 0.3) is 0 Å². The van der Waals surface area contributed by atoms with Gasteiger partial charge in [0.25, 0.3) is 0 Å². The summed E-state index contributed by atoms with van der Waals surface area (Å²) >= 11 is -4.82. The fraction of sp³-hybridized carbons (Fsp3) is 0.763. The van der Waals surface area contributed by atoms with Gasteiger partial charge in [0.05, 0.1) is 13.2 Å². The van der Waals surface area contributed by atoms with E-state index in [1.54, 1.807) is 86.6 Å². The molecule has 0 radical (unpaired) electrons. The second kappa shape index (κ2) is 53.5. The molecule has 0 unspecified atom stereocenters. The third kappa shape index (κ3) is 56.0. The zero-order chi connectivity index (χ0) is 76.5. The number of esters is 3. The van der Waals surface area contributed by atoms with Crippen LogP contribution < -0.4 is 21.7 Å². The van der Waals surface area contributed by atoms with Gasteiger partial charge in [-0.3, -0.25) is 4.79 Å². The van der Waals surface area contributed by atoms with Crippen molar-refractivity contribution in [2.45, 2.75) is 324 Å². The molecule has 3 amide bonds. The van der Waals surface area contributed by atoms with Crippen molar-refractivity contribution in [3.05, 3.63) is 58.3 Å². The van der Waals surface area contributed by atoms with E-state index in [2.05, 4.69) is 85.4 Å². The normalized spacial score (nSPS) is 13.2. The summed E-state index contributed by atoms with van der Waals surface area (Å²) in [5, 5.41) is 25.7. The van der Waals surface area contributed by atoms with Crippen LogP contribution in [0.1, 0.15) is 262 Å². The van der Waals surface area contributed by atoms with Crippen molar-refractivity contribution in [2.75, 3.05) is 19.8 Å². The molecule has 0 saturated carbocycles. The molecule has 0 aromatic carbocycles. The van der Waals surface area contributed by atoms with E-state index >= 15 is 0 Å². The molecule has 0 aliphatic heterocycles. The first kappa shape index (κ1) is 101. The van der Waals surface area contributed by atoms with Crippen LogP contribution in [0.15, 0.2) is 58.3 Å². The first-order valence-corrected chi connectivity index (χ1v) is 51.2. The van der Waals surface area contributed by atoms with Gasteiger partial charge < -0.3 is 40.4 Å². The third-order valence-corrected chi connectivity index (χ3v) is 43.2. The molecule has 0 aliphatic rings. The number of aliphatic carboxylic acids is 2. The Bertz CT molecular complexity index is 2270. The molecule has 21 heteroatoms. The molecule has 0 aromatic rings. The number of carbonyl (C=O) groups excluding carboxylic acids is 6. The van der Waals surface area contributed by atoms with E-state index in [1.807, 2.05) is 62.3 Å². The Kier molecular flexibility index (Phi) is 55.8. The van der Waals surface area contributed by atoms with Gasteiger partial charge in [0.2, 0.25) is 0 Å². The van der Waals surface area contributed by atoms with Gasteiger partial charge in [-0.15, -0.1) is 13.2 Å². The monoisotopic (exact) mass is 1590 g/mol. The molecule has 0 spiro atoms. The zero-order valence-corrected chi connectivity index (χ0v) is 71.4. The summed E-state index contributed by atoms with van der Waals surface area (Å²) in [4.78, 5) is 93.7. The molecular formula is C76H144N4O15Sn2. The molecule has 0 fully saturated rings. The predicted octanol–water partition coefficient (Wildman–Crippen LogP) is 18.1. The van der Waals surface area contributed by atoms with Gasteiger partial charge in [0.1, 0.15) is 29.3 Å². The summed E-state index contributed by atoms with van der Waals surface area (Å²) < 4.78 is 38.1. The Hall–Kier alpha value is -4.38. The number of carboxylic acids is 2. The minimum atomic E-state index is -2.52. The topological polar surface area (TPSA) is 285 Å². The summed E-state index contributed by atoms with van der Waals surface area (Å²) in [6, 6.07) is -2.95. The van der Waals surface area contributed by atoms with Crippen molar-refractivity contribution in [1.29, 1.82) is 0 Å². The number of rotatable bonds is 38. The Morgan fingerprint density at radius 3 is 0.918 bits per heavy atom. The molecule has 97 heavy (non-hydrogen) atoms. The van der Waals surface area contributed by atoms with Crippen molar-refractivity contribution in [3.63, 3.8) is 0 Å². The molecule has 0 bridgehead atoms. The Morgan fingerprint density at radius 2 is 0.680 bits per heavy atom. The van der Waals surface area contributed by atoms with Crippen LogP contribution in [-0.4, -0.2) is 150 Å². The van der Waals surface area contributed by atoms with E-state index in [0.29, 0.717) is 32.5 Å². The number of amides is 3. The number of nitrogens with two attached hydrogens (primary N) is 1. The fourth-order valence-electron chi connectivity index (χ4n) is 9.21. The third-order valence-electron chi connectivity index (χ3n) is 15.1. The van der Waals surface area contributed by atoms with Gasteiger partial charge in [-0.05, 0) is 70.6 Å². The molecule has 0 heterocycles. The molecular weight excluding hydrogens is 1450 g/mol.